The number of carbonyl (C=O) groups excluding carboxylic acids is 1. The number of carbonyl (C=O) groups is 1. The van der Waals surface area contributed by atoms with E-state index in [0.717, 1.165) is 15.6 Å². The van der Waals surface area contributed by atoms with Crippen LogP contribution in [0.5, 0.6) is 11.5 Å². The molecule has 0 aliphatic carbocycles. The fourth-order valence-corrected chi connectivity index (χ4v) is 3.05. The van der Waals surface area contributed by atoms with Gasteiger partial charge < -0.3 is 14.8 Å². The number of aryl methyl sites for hydroxylation is 1. The molecule has 0 aliphatic heterocycles. The van der Waals surface area contributed by atoms with Crippen molar-refractivity contribution in [1.82, 2.24) is 5.32 Å². The lowest BCUT2D eigenvalue weighted by molar-refractivity contribution is 0.0940. The highest BCUT2D eigenvalue weighted by Gasteiger charge is 2.18. The molecule has 0 aliphatic rings. The Bertz CT molecular complexity index is 764. The van der Waals surface area contributed by atoms with Crippen LogP contribution >= 0.6 is 27.5 Å². The topological polar surface area (TPSA) is 47.6 Å². The molecule has 2 aromatic carbocycles. The number of hydrogen-bond acceptors (Lipinski definition) is 3. The third kappa shape index (κ3) is 4.02. The maximum absolute atomic E-state index is 12.5. The summed E-state index contributed by atoms with van der Waals surface area (Å²) in [5.41, 5.74) is 2.38. The van der Waals surface area contributed by atoms with E-state index < -0.39 is 0 Å². The quantitative estimate of drug-likeness (QED) is 0.758. The van der Waals surface area contributed by atoms with Gasteiger partial charge in [0.2, 0.25) is 0 Å². The predicted octanol–water partition coefficient (Wildman–Crippen LogP) is 4.92. The molecule has 0 fully saturated rings. The summed E-state index contributed by atoms with van der Waals surface area (Å²) < 4.78 is 11.4. The van der Waals surface area contributed by atoms with Gasteiger partial charge in [-0.2, -0.15) is 0 Å². The molecule has 2 rings (SSSR count). The molecule has 1 atom stereocenters. The predicted molar refractivity (Wildman–Crippen MR) is 99.3 cm³/mol. The molecule has 0 radical (unpaired) electrons. The second-order valence-electron chi connectivity index (χ2n) is 5.38. The normalized spacial score (nSPS) is 11.8. The van der Waals surface area contributed by atoms with Crippen LogP contribution in [0.1, 0.15) is 34.5 Å². The first kappa shape index (κ1) is 18.6. The van der Waals surface area contributed by atoms with E-state index in [4.69, 9.17) is 21.1 Å². The molecule has 0 saturated heterocycles. The summed E-state index contributed by atoms with van der Waals surface area (Å²) in [6.45, 7) is 3.88. The summed E-state index contributed by atoms with van der Waals surface area (Å²) >= 11 is 9.47. The number of hydrogen-bond donors (Lipinski definition) is 1. The third-order valence-corrected chi connectivity index (χ3v) is 4.58. The highest BCUT2D eigenvalue weighted by molar-refractivity contribution is 9.10. The second-order valence-corrected chi connectivity index (χ2v) is 6.71. The van der Waals surface area contributed by atoms with E-state index >= 15 is 0 Å². The molecule has 24 heavy (non-hydrogen) atoms. The van der Waals surface area contributed by atoms with E-state index in [1.807, 2.05) is 26.0 Å². The van der Waals surface area contributed by atoms with Crippen LogP contribution in [0.25, 0.3) is 0 Å². The Morgan fingerprint density at radius 2 is 1.79 bits per heavy atom. The average Bonchev–Trinajstić information content (AvgIpc) is 2.56. The maximum Gasteiger partial charge on any atom is 0.253 e. The van der Waals surface area contributed by atoms with Crippen LogP contribution < -0.4 is 14.8 Å². The molecule has 4 nitrogen and oxygen atoms in total. The van der Waals surface area contributed by atoms with E-state index in [1.54, 1.807) is 32.4 Å². The molecule has 1 amide bonds. The molecule has 1 unspecified atom stereocenters. The van der Waals surface area contributed by atoms with Crippen molar-refractivity contribution < 1.29 is 14.3 Å². The minimum Gasteiger partial charge on any atom is -0.493 e. The van der Waals surface area contributed by atoms with Gasteiger partial charge in [-0.15, -0.1) is 0 Å². The number of nitrogens with one attached hydrogen (secondary N) is 1. The van der Waals surface area contributed by atoms with Gasteiger partial charge in [-0.25, -0.2) is 0 Å². The lowest BCUT2D eigenvalue weighted by Gasteiger charge is -2.19. The average molecular weight is 413 g/mol. The first-order valence-corrected chi connectivity index (χ1v) is 8.53. The Labute approximate surface area is 155 Å². The summed E-state index contributed by atoms with van der Waals surface area (Å²) in [6, 6.07) is 8.73. The Hall–Kier alpha value is -1.72. The van der Waals surface area contributed by atoms with Crippen LogP contribution in [0.2, 0.25) is 5.02 Å². The van der Waals surface area contributed by atoms with Crippen molar-refractivity contribution in [3.05, 3.63) is 56.5 Å². The number of amides is 1. The minimum atomic E-state index is -0.233. The van der Waals surface area contributed by atoms with Crippen LogP contribution in [0, 0.1) is 6.92 Å². The first-order valence-electron chi connectivity index (χ1n) is 7.35. The highest BCUT2D eigenvalue weighted by atomic mass is 79.9. The lowest BCUT2D eigenvalue weighted by atomic mass is 10.0. The Balaban J connectivity index is 2.27. The molecule has 1 N–H and O–H groups in total. The van der Waals surface area contributed by atoms with Gasteiger partial charge in [0, 0.05) is 4.47 Å². The number of benzene rings is 2. The third-order valence-electron chi connectivity index (χ3n) is 3.76. The van der Waals surface area contributed by atoms with E-state index in [1.165, 1.54) is 0 Å². The van der Waals surface area contributed by atoms with Crippen LogP contribution in [-0.2, 0) is 0 Å². The minimum absolute atomic E-state index is 0.215. The second kappa shape index (κ2) is 7.90. The smallest absolute Gasteiger partial charge is 0.253 e. The number of halogens is 2. The SMILES string of the molecule is COc1cc(C)c(C(C)NC(=O)c2cc(Br)ccc2Cl)cc1OC. The molecule has 0 heterocycles. The largest absolute Gasteiger partial charge is 0.493 e. The number of rotatable bonds is 5. The van der Waals surface area contributed by atoms with Gasteiger partial charge in [0.05, 0.1) is 30.8 Å². The monoisotopic (exact) mass is 411 g/mol. The molecule has 2 aromatic rings. The van der Waals surface area contributed by atoms with Crippen molar-refractivity contribution in [1.29, 1.82) is 0 Å². The van der Waals surface area contributed by atoms with E-state index in [-0.39, 0.29) is 11.9 Å². The molecule has 6 heteroatoms. The van der Waals surface area contributed by atoms with Gasteiger partial charge in [0.1, 0.15) is 0 Å². The number of ether oxygens (including phenoxy) is 2. The van der Waals surface area contributed by atoms with Crippen LogP contribution in [0.15, 0.2) is 34.8 Å². The van der Waals surface area contributed by atoms with Crippen molar-refractivity contribution in [3.63, 3.8) is 0 Å². The van der Waals surface area contributed by atoms with E-state index in [2.05, 4.69) is 21.2 Å². The highest BCUT2D eigenvalue weighted by Crippen LogP contribution is 2.33. The molecule has 0 saturated carbocycles. The van der Waals surface area contributed by atoms with Gasteiger partial charge in [-0.3, -0.25) is 4.79 Å². The number of methoxy groups -OCH3 is 2. The van der Waals surface area contributed by atoms with Gasteiger partial charge in [-0.05, 0) is 55.3 Å². The standard InChI is InChI=1S/C18H19BrClNO3/c1-10-7-16(23-3)17(24-4)9-13(10)11(2)21-18(22)14-8-12(19)5-6-15(14)20/h5-9,11H,1-4H3,(H,21,22). The van der Waals surface area contributed by atoms with Crippen LogP contribution in [0.3, 0.4) is 0 Å². The molecule has 0 aromatic heterocycles. The Kier molecular flexibility index (Phi) is 6.13. The maximum atomic E-state index is 12.5. The molecule has 0 bridgehead atoms. The fourth-order valence-electron chi connectivity index (χ4n) is 2.49. The van der Waals surface area contributed by atoms with Crippen molar-refractivity contribution >= 4 is 33.4 Å². The Morgan fingerprint density at radius 3 is 2.42 bits per heavy atom. The van der Waals surface area contributed by atoms with Crippen molar-refractivity contribution in [2.24, 2.45) is 0 Å². The lowest BCUT2D eigenvalue weighted by Crippen LogP contribution is -2.27. The van der Waals surface area contributed by atoms with E-state index in [9.17, 15) is 4.79 Å². The van der Waals surface area contributed by atoms with Crippen molar-refractivity contribution in [2.45, 2.75) is 19.9 Å². The fraction of sp³-hybridized carbons (Fsp3) is 0.278. The first-order chi connectivity index (χ1) is 11.4. The molecule has 128 valence electrons. The summed E-state index contributed by atoms with van der Waals surface area (Å²) in [4.78, 5) is 12.5. The molecular weight excluding hydrogens is 394 g/mol. The Morgan fingerprint density at radius 1 is 1.17 bits per heavy atom. The summed E-state index contributed by atoms with van der Waals surface area (Å²) in [5, 5.41) is 3.38. The van der Waals surface area contributed by atoms with Crippen molar-refractivity contribution in [3.8, 4) is 11.5 Å². The van der Waals surface area contributed by atoms with Gasteiger partial charge in [-0.1, -0.05) is 27.5 Å². The van der Waals surface area contributed by atoms with Crippen molar-refractivity contribution in [2.75, 3.05) is 14.2 Å². The zero-order chi connectivity index (χ0) is 17.9. The summed E-state index contributed by atoms with van der Waals surface area (Å²) in [6.07, 6.45) is 0. The van der Waals surface area contributed by atoms with Crippen LogP contribution in [0.4, 0.5) is 0 Å². The molecule has 0 spiro atoms. The molecular formula is C18H19BrClNO3. The zero-order valence-corrected chi connectivity index (χ0v) is 16.3. The van der Waals surface area contributed by atoms with Crippen LogP contribution in [-0.4, -0.2) is 20.1 Å². The van der Waals surface area contributed by atoms with Gasteiger partial charge in [0.15, 0.2) is 11.5 Å². The van der Waals surface area contributed by atoms with Gasteiger partial charge in [0.25, 0.3) is 5.91 Å². The zero-order valence-electron chi connectivity index (χ0n) is 13.9. The van der Waals surface area contributed by atoms with E-state index in [0.29, 0.717) is 22.1 Å². The summed E-state index contributed by atoms with van der Waals surface area (Å²) in [5.74, 6) is 1.05. The van der Waals surface area contributed by atoms with Gasteiger partial charge >= 0.3 is 0 Å². The summed E-state index contributed by atoms with van der Waals surface area (Å²) in [7, 11) is 3.18.